The molecule has 78 valence electrons. The molecule has 14 heavy (non-hydrogen) atoms. The normalized spacial score (nSPS) is 15.6. The summed E-state index contributed by atoms with van der Waals surface area (Å²) < 4.78 is 0. The van der Waals surface area contributed by atoms with Crippen molar-refractivity contribution in [3.63, 3.8) is 0 Å². The fourth-order valence-corrected chi connectivity index (χ4v) is 1.10. The van der Waals surface area contributed by atoms with E-state index >= 15 is 0 Å². The summed E-state index contributed by atoms with van der Waals surface area (Å²) in [4.78, 5) is 34.1. The quantitative estimate of drug-likeness (QED) is 0.574. The molecule has 0 aromatic rings. The lowest BCUT2D eigenvalue weighted by molar-refractivity contribution is -0.121. The first kappa shape index (κ1) is 10.5. The van der Waals surface area contributed by atoms with Crippen LogP contribution in [-0.4, -0.2) is 42.4 Å². The van der Waals surface area contributed by atoms with Crippen molar-refractivity contribution in [1.29, 1.82) is 0 Å². The number of urea groups is 1. The number of hydrogen-bond donors (Lipinski definition) is 2. The first-order chi connectivity index (χ1) is 6.63. The highest BCUT2D eigenvalue weighted by molar-refractivity contribution is 6.03. The highest BCUT2D eigenvalue weighted by Crippen LogP contribution is 1.96. The third kappa shape index (κ3) is 2.72. The highest BCUT2D eigenvalue weighted by atomic mass is 16.2. The first-order valence-corrected chi connectivity index (χ1v) is 4.49. The SMILES string of the molecule is CCCNC(=O)CN1CC(=O)NC1=O. The number of carbonyl (C=O) groups is 3. The van der Waals surface area contributed by atoms with Crippen molar-refractivity contribution in [2.75, 3.05) is 19.6 Å². The summed E-state index contributed by atoms with van der Waals surface area (Å²) in [6, 6.07) is -0.498. The largest absolute Gasteiger partial charge is 0.355 e. The monoisotopic (exact) mass is 199 g/mol. The smallest absolute Gasteiger partial charge is 0.325 e. The molecule has 0 saturated carbocycles. The van der Waals surface area contributed by atoms with Crippen LogP contribution in [0.4, 0.5) is 4.79 Å². The van der Waals surface area contributed by atoms with Gasteiger partial charge in [-0.15, -0.1) is 0 Å². The third-order valence-corrected chi connectivity index (χ3v) is 1.77. The number of imide groups is 1. The maximum atomic E-state index is 11.2. The summed E-state index contributed by atoms with van der Waals surface area (Å²) in [5.41, 5.74) is 0. The van der Waals surface area contributed by atoms with E-state index in [-0.39, 0.29) is 24.9 Å². The molecule has 4 amide bonds. The molecule has 0 radical (unpaired) electrons. The van der Waals surface area contributed by atoms with E-state index in [1.807, 2.05) is 6.92 Å². The molecular formula is C8H13N3O3. The zero-order valence-corrected chi connectivity index (χ0v) is 8.00. The minimum absolute atomic E-state index is 0.0294. The maximum absolute atomic E-state index is 11.2. The Morgan fingerprint density at radius 3 is 2.79 bits per heavy atom. The molecule has 0 atom stereocenters. The molecule has 1 saturated heterocycles. The Morgan fingerprint density at radius 1 is 1.57 bits per heavy atom. The Hall–Kier alpha value is -1.59. The van der Waals surface area contributed by atoms with Crippen LogP contribution in [0.25, 0.3) is 0 Å². The average molecular weight is 199 g/mol. The summed E-state index contributed by atoms with van der Waals surface area (Å²) >= 11 is 0. The van der Waals surface area contributed by atoms with Crippen molar-refractivity contribution in [3.05, 3.63) is 0 Å². The van der Waals surface area contributed by atoms with Gasteiger partial charge in [-0.3, -0.25) is 14.9 Å². The van der Waals surface area contributed by atoms with Crippen LogP contribution in [0.1, 0.15) is 13.3 Å². The molecule has 0 aromatic carbocycles. The lowest BCUT2D eigenvalue weighted by Gasteiger charge is -2.12. The molecule has 1 rings (SSSR count). The molecule has 6 nitrogen and oxygen atoms in total. The van der Waals surface area contributed by atoms with Crippen molar-refractivity contribution in [2.45, 2.75) is 13.3 Å². The van der Waals surface area contributed by atoms with Crippen LogP contribution in [0.15, 0.2) is 0 Å². The van der Waals surface area contributed by atoms with Crippen LogP contribution in [-0.2, 0) is 9.59 Å². The van der Waals surface area contributed by atoms with Gasteiger partial charge in [-0.1, -0.05) is 6.92 Å². The van der Waals surface area contributed by atoms with Crippen molar-refractivity contribution < 1.29 is 14.4 Å². The fourth-order valence-electron chi connectivity index (χ4n) is 1.10. The zero-order chi connectivity index (χ0) is 10.6. The second kappa shape index (κ2) is 4.59. The minimum atomic E-state index is -0.498. The molecule has 1 fully saturated rings. The first-order valence-electron chi connectivity index (χ1n) is 4.49. The summed E-state index contributed by atoms with van der Waals surface area (Å²) in [6.07, 6.45) is 0.844. The lowest BCUT2D eigenvalue weighted by Crippen LogP contribution is -2.39. The molecule has 1 aliphatic heterocycles. The molecule has 0 unspecified atom stereocenters. The van der Waals surface area contributed by atoms with Gasteiger partial charge < -0.3 is 10.2 Å². The molecule has 0 aliphatic carbocycles. The van der Waals surface area contributed by atoms with Gasteiger partial charge >= 0.3 is 6.03 Å². The zero-order valence-electron chi connectivity index (χ0n) is 8.00. The second-order valence-corrected chi connectivity index (χ2v) is 3.06. The van der Waals surface area contributed by atoms with E-state index in [0.717, 1.165) is 6.42 Å². The Kier molecular flexibility index (Phi) is 3.44. The van der Waals surface area contributed by atoms with Gasteiger partial charge in [0.15, 0.2) is 0 Å². The Bertz CT molecular complexity index is 265. The van der Waals surface area contributed by atoms with Gasteiger partial charge in [-0.25, -0.2) is 4.79 Å². The van der Waals surface area contributed by atoms with Crippen LogP contribution in [0, 0.1) is 0 Å². The van der Waals surface area contributed by atoms with Crippen LogP contribution in [0.5, 0.6) is 0 Å². The van der Waals surface area contributed by atoms with Gasteiger partial charge in [0.2, 0.25) is 11.8 Å². The van der Waals surface area contributed by atoms with Gasteiger partial charge in [-0.2, -0.15) is 0 Å². The van der Waals surface area contributed by atoms with Crippen LogP contribution >= 0.6 is 0 Å². The molecule has 1 heterocycles. The lowest BCUT2D eigenvalue weighted by atomic mass is 10.4. The summed E-state index contributed by atoms with van der Waals surface area (Å²) in [5.74, 6) is -0.602. The van der Waals surface area contributed by atoms with E-state index < -0.39 is 6.03 Å². The number of carbonyl (C=O) groups excluding carboxylic acids is 3. The molecule has 1 aliphatic rings. The average Bonchev–Trinajstić information content (AvgIpc) is 2.42. The summed E-state index contributed by atoms with van der Waals surface area (Å²) in [5, 5.41) is 4.72. The van der Waals surface area contributed by atoms with E-state index in [9.17, 15) is 14.4 Å². The fraction of sp³-hybridized carbons (Fsp3) is 0.625. The van der Waals surface area contributed by atoms with Gasteiger partial charge in [0.1, 0.15) is 13.1 Å². The van der Waals surface area contributed by atoms with Crippen LogP contribution < -0.4 is 10.6 Å². The van der Waals surface area contributed by atoms with E-state index in [1.165, 1.54) is 4.90 Å². The highest BCUT2D eigenvalue weighted by Gasteiger charge is 2.27. The number of amides is 4. The topological polar surface area (TPSA) is 78.5 Å². The molecule has 2 N–H and O–H groups in total. The number of nitrogens with zero attached hydrogens (tertiary/aromatic N) is 1. The maximum Gasteiger partial charge on any atom is 0.325 e. The standard InChI is InChI=1S/C8H13N3O3/c1-2-3-9-6(12)4-11-5-7(13)10-8(11)14/h2-5H2,1H3,(H,9,12)(H,10,13,14). The van der Waals surface area contributed by atoms with Gasteiger partial charge in [0, 0.05) is 6.54 Å². The van der Waals surface area contributed by atoms with Crippen molar-refractivity contribution in [2.24, 2.45) is 0 Å². The number of hydrogen-bond acceptors (Lipinski definition) is 3. The van der Waals surface area contributed by atoms with Crippen molar-refractivity contribution >= 4 is 17.8 Å². The molecule has 6 heteroatoms. The van der Waals surface area contributed by atoms with E-state index in [2.05, 4.69) is 10.6 Å². The number of nitrogens with one attached hydrogen (secondary N) is 2. The van der Waals surface area contributed by atoms with Crippen LogP contribution in [0.2, 0.25) is 0 Å². The molecule has 0 bridgehead atoms. The molecular weight excluding hydrogens is 186 g/mol. The Balaban J connectivity index is 2.33. The van der Waals surface area contributed by atoms with Gasteiger partial charge in [0.05, 0.1) is 0 Å². The minimum Gasteiger partial charge on any atom is -0.355 e. The second-order valence-electron chi connectivity index (χ2n) is 3.06. The van der Waals surface area contributed by atoms with Crippen LogP contribution in [0.3, 0.4) is 0 Å². The van der Waals surface area contributed by atoms with E-state index in [0.29, 0.717) is 6.54 Å². The molecule has 0 spiro atoms. The predicted octanol–water partition coefficient (Wildman–Crippen LogP) is -0.936. The summed E-state index contributed by atoms with van der Waals surface area (Å²) in [7, 11) is 0. The van der Waals surface area contributed by atoms with Gasteiger partial charge in [-0.05, 0) is 6.42 Å². The van der Waals surface area contributed by atoms with Crippen molar-refractivity contribution in [1.82, 2.24) is 15.5 Å². The Labute approximate surface area is 81.6 Å². The third-order valence-electron chi connectivity index (χ3n) is 1.77. The van der Waals surface area contributed by atoms with E-state index in [4.69, 9.17) is 0 Å². The predicted molar refractivity (Wildman–Crippen MR) is 48.4 cm³/mol. The summed E-state index contributed by atoms with van der Waals surface area (Å²) in [6.45, 7) is 2.44. The molecule has 0 aromatic heterocycles. The van der Waals surface area contributed by atoms with E-state index in [1.54, 1.807) is 0 Å². The number of rotatable bonds is 4. The Morgan fingerprint density at radius 2 is 2.29 bits per heavy atom. The van der Waals surface area contributed by atoms with Crippen molar-refractivity contribution in [3.8, 4) is 0 Å². The van der Waals surface area contributed by atoms with Gasteiger partial charge in [0.25, 0.3) is 0 Å².